The quantitative estimate of drug-likeness (QED) is 0.392. The molecule has 0 radical (unpaired) electrons. The topological polar surface area (TPSA) is 78.3 Å². The molecule has 0 aromatic heterocycles. The highest BCUT2D eigenvalue weighted by Crippen LogP contribution is 2.16. The number of esters is 1. The second-order valence-electron chi connectivity index (χ2n) is 4.75. The number of ether oxygens (including phenoxy) is 1. The Bertz CT molecular complexity index is 733. The van der Waals surface area contributed by atoms with Crippen LogP contribution >= 0.6 is 0 Å². The molecule has 0 fully saturated rings. The van der Waals surface area contributed by atoms with Gasteiger partial charge in [-0.15, -0.1) is 0 Å². The summed E-state index contributed by atoms with van der Waals surface area (Å²) in [6, 6.07) is 6.28. The van der Waals surface area contributed by atoms with Crippen molar-refractivity contribution in [3.05, 3.63) is 65.0 Å². The first-order chi connectivity index (χ1) is 10.8. The van der Waals surface area contributed by atoms with Crippen molar-refractivity contribution in [2.24, 2.45) is 0 Å². The van der Waals surface area contributed by atoms with Gasteiger partial charge in [0, 0.05) is 17.5 Å². The number of anilines is 2. The van der Waals surface area contributed by atoms with E-state index in [0.29, 0.717) is 16.9 Å². The molecule has 0 amide bonds. The molecule has 4 N–H and O–H groups in total. The Morgan fingerprint density at radius 2 is 1.57 bits per heavy atom. The predicted molar refractivity (Wildman–Crippen MR) is 80.4 cm³/mol. The number of nitrogens with two attached hydrogens (primary N) is 2. The van der Waals surface area contributed by atoms with Crippen molar-refractivity contribution in [1.82, 2.24) is 0 Å². The van der Waals surface area contributed by atoms with Crippen molar-refractivity contribution in [2.45, 2.75) is 6.61 Å². The Morgan fingerprint density at radius 1 is 1.00 bits per heavy atom. The molecule has 0 atom stereocenters. The van der Waals surface area contributed by atoms with Crippen LogP contribution in [0.4, 0.5) is 24.5 Å². The minimum absolute atomic E-state index is 0.00782. The van der Waals surface area contributed by atoms with Gasteiger partial charge in [0.1, 0.15) is 6.61 Å². The molecule has 4 nitrogen and oxygen atoms in total. The van der Waals surface area contributed by atoms with Crippen LogP contribution in [0.3, 0.4) is 0 Å². The second kappa shape index (κ2) is 6.87. The Balaban J connectivity index is 1.99. The molecule has 7 heteroatoms. The summed E-state index contributed by atoms with van der Waals surface area (Å²) in [6.07, 6.45) is 2.09. The van der Waals surface area contributed by atoms with Gasteiger partial charge in [-0.1, -0.05) is 0 Å². The minimum Gasteiger partial charge on any atom is -0.458 e. The third-order valence-corrected chi connectivity index (χ3v) is 2.84. The average Bonchev–Trinajstić information content (AvgIpc) is 2.47. The number of halogens is 3. The number of rotatable bonds is 4. The van der Waals surface area contributed by atoms with E-state index >= 15 is 0 Å². The zero-order chi connectivity index (χ0) is 17.0. The number of carbonyl (C=O) groups excluding carboxylic acids is 1. The van der Waals surface area contributed by atoms with E-state index in [1.165, 1.54) is 0 Å². The molecule has 0 aliphatic heterocycles. The first kappa shape index (κ1) is 16.4. The summed E-state index contributed by atoms with van der Waals surface area (Å²) in [5, 5.41) is 0. The van der Waals surface area contributed by atoms with Crippen LogP contribution in [-0.4, -0.2) is 5.97 Å². The summed E-state index contributed by atoms with van der Waals surface area (Å²) >= 11 is 0. The third-order valence-electron chi connectivity index (χ3n) is 2.84. The molecule has 0 spiro atoms. The molecule has 120 valence electrons. The first-order valence-electron chi connectivity index (χ1n) is 6.49. The average molecular weight is 322 g/mol. The minimum atomic E-state index is -1.57. The monoisotopic (exact) mass is 322 g/mol. The van der Waals surface area contributed by atoms with Crippen molar-refractivity contribution >= 4 is 23.4 Å². The maximum atomic E-state index is 13.0. The van der Waals surface area contributed by atoms with E-state index in [2.05, 4.69) is 0 Å². The number of nitrogen functional groups attached to an aromatic ring is 2. The highest BCUT2D eigenvalue weighted by atomic mass is 19.2. The molecule has 0 aliphatic carbocycles. The van der Waals surface area contributed by atoms with E-state index in [-0.39, 0.29) is 12.2 Å². The van der Waals surface area contributed by atoms with E-state index in [9.17, 15) is 18.0 Å². The Hall–Kier alpha value is -2.96. The lowest BCUT2D eigenvalue weighted by Gasteiger charge is -2.05. The highest BCUT2D eigenvalue weighted by Gasteiger charge is 2.09. The molecule has 23 heavy (non-hydrogen) atoms. The molecular weight excluding hydrogens is 309 g/mol. The summed E-state index contributed by atoms with van der Waals surface area (Å²) in [5.74, 6) is -4.98. The van der Waals surface area contributed by atoms with Crippen molar-refractivity contribution in [2.75, 3.05) is 11.5 Å². The summed E-state index contributed by atoms with van der Waals surface area (Å²) in [6.45, 7) is -0.0649. The summed E-state index contributed by atoms with van der Waals surface area (Å²) in [7, 11) is 0. The maximum absolute atomic E-state index is 13.0. The van der Waals surface area contributed by atoms with Gasteiger partial charge in [-0.2, -0.15) is 0 Å². The van der Waals surface area contributed by atoms with Gasteiger partial charge in [0.2, 0.25) is 0 Å². The maximum Gasteiger partial charge on any atom is 0.331 e. The summed E-state index contributed by atoms with van der Waals surface area (Å²) < 4.78 is 43.8. The largest absolute Gasteiger partial charge is 0.458 e. The smallest absolute Gasteiger partial charge is 0.331 e. The summed E-state index contributed by atoms with van der Waals surface area (Å²) in [5.41, 5.74) is 12.7. The lowest BCUT2D eigenvalue weighted by atomic mass is 10.2. The van der Waals surface area contributed by atoms with E-state index in [1.54, 1.807) is 18.2 Å². The van der Waals surface area contributed by atoms with E-state index in [0.717, 1.165) is 24.3 Å². The number of carbonyl (C=O) groups is 1. The van der Waals surface area contributed by atoms with Crippen LogP contribution in [0.1, 0.15) is 11.1 Å². The van der Waals surface area contributed by atoms with Crippen molar-refractivity contribution < 1.29 is 22.7 Å². The fourth-order valence-electron chi connectivity index (χ4n) is 1.87. The molecule has 2 rings (SSSR count). The molecule has 0 saturated carbocycles. The molecule has 2 aromatic carbocycles. The molecule has 0 unspecified atom stereocenters. The zero-order valence-electron chi connectivity index (χ0n) is 11.9. The molecule has 0 saturated heterocycles. The third kappa shape index (κ3) is 4.50. The fourth-order valence-corrected chi connectivity index (χ4v) is 1.87. The van der Waals surface area contributed by atoms with Gasteiger partial charge in [-0.3, -0.25) is 0 Å². The van der Waals surface area contributed by atoms with Gasteiger partial charge in [0.05, 0.1) is 0 Å². The van der Waals surface area contributed by atoms with Crippen LogP contribution < -0.4 is 11.5 Å². The lowest BCUT2D eigenvalue weighted by molar-refractivity contribution is -0.138. The zero-order valence-corrected chi connectivity index (χ0v) is 11.9. The molecule has 0 bridgehead atoms. The van der Waals surface area contributed by atoms with Gasteiger partial charge >= 0.3 is 5.97 Å². The van der Waals surface area contributed by atoms with Crippen LogP contribution in [0, 0.1) is 17.5 Å². The molecular formula is C16H13F3N2O2. The number of hydrogen-bond acceptors (Lipinski definition) is 4. The molecule has 0 aliphatic rings. The second-order valence-corrected chi connectivity index (χ2v) is 4.75. The normalized spacial score (nSPS) is 10.9. The molecule has 0 heterocycles. The Labute approximate surface area is 130 Å². The Kier molecular flexibility index (Phi) is 4.90. The van der Waals surface area contributed by atoms with E-state index < -0.39 is 23.4 Å². The lowest BCUT2D eigenvalue weighted by Crippen LogP contribution is -2.02. The SMILES string of the molecule is Nc1cc(N)cc(COC(=O)/C=C/c2cc(F)c(F)c(F)c2)c1. The van der Waals surface area contributed by atoms with Gasteiger partial charge in [-0.25, -0.2) is 18.0 Å². The highest BCUT2D eigenvalue weighted by molar-refractivity contribution is 5.87. The van der Waals surface area contributed by atoms with Crippen molar-refractivity contribution in [3.63, 3.8) is 0 Å². The van der Waals surface area contributed by atoms with Crippen molar-refractivity contribution in [3.8, 4) is 0 Å². The van der Waals surface area contributed by atoms with Crippen LogP contribution in [0.2, 0.25) is 0 Å². The van der Waals surface area contributed by atoms with Crippen LogP contribution in [-0.2, 0) is 16.1 Å². The van der Waals surface area contributed by atoms with Crippen LogP contribution in [0.5, 0.6) is 0 Å². The fraction of sp³-hybridized carbons (Fsp3) is 0.0625. The molecule has 2 aromatic rings. The van der Waals surface area contributed by atoms with Gasteiger partial charge in [-0.05, 0) is 47.5 Å². The van der Waals surface area contributed by atoms with Crippen LogP contribution in [0.25, 0.3) is 6.08 Å². The number of benzene rings is 2. The van der Waals surface area contributed by atoms with Gasteiger partial charge in [0.15, 0.2) is 17.5 Å². The van der Waals surface area contributed by atoms with E-state index in [1.807, 2.05) is 0 Å². The van der Waals surface area contributed by atoms with Crippen molar-refractivity contribution in [1.29, 1.82) is 0 Å². The van der Waals surface area contributed by atoms with Gasteiger partial charge in [0.25, 0.3) is 0 Å². The standard InChI is InChI=1S/C16H13F3N2O2/c17-13-5-9(6-14(18)16(13)19)1-2-15(22)23-8-10-3-11(20)7-12(21)4-10/h1-7H,8,20-21H2/b2-1+. The first-order valence-corrected chi connectivity index (χ1v) is 6.49. The summed E-state index contributed by atoms with van der Waals surface area (Å²) in [4.78, 5) is 11.6. The van der Waals surface area contributed by atoms with E-state index in [4.69, 9.17) is 16.2 Å². The Morgan fingerprint density at radius 3 is 2.13 bits per heavy atom. The van der Waals surface area contributed by atoms with Crippen LogP contribution in [0.15, 0.2) is 36.4 Å². The number of hydrogen-bond donors (Lipinski definition) is 2. The predicted octanol–water partition coefficient (Wildman–Crippen LogP) is 3.02. The van der Waals surface area contributed by atoms with Gasteiger partial charge < -0.3 is 16.2 Å².